The fourth-order valence-electron chi connectivity index (χ4n) is 7.74. The Morgan fingerprint density at radius 3 is 2.60 bits per heavy atom. The van der Waals surface area contributed by atoms with Gasteiger partial charge >= 0.3 is 0 Å². The molecule has 4 aliphatic rings. The number of anilines is 1. The molecule has 48 heavy (non-hydrogen) atoms. The lowest BCUT2D eigenvalue weighted by Gasteiger charge is -2.51. The maximum Gasteiger partial charge on any atom is 0.264 e. The summed E-state index contributed by atoms with van der Waals surface area (Å²) in [5.74, 6) is 0.448. The molecule has 1 saturated heterocycles. The highest BCUT2D eigenvalue weighted by molar-refractivity contribution is 7.90. The molecule has 0 unspecified atom stereocenters. The first-order valence-corrected chi connectivity index (χ1v) is 19.4. The zero-order chi connectivity index (χ0) is 33.9. The average Bonchev–Trinajstić information content (AvgIpc) is 3.09. The van der Waals surface area contributed by atoms with Gasteiger partial charge in [-0.05, 0) is 105 Å². The minimum atomic E-state index is -3.94. The van der Waals surface area contributed by atoms with Crippen LogP contribution in [0, 0.1) is 17.8 Å². The lowest BCUT2D eigenvalue weighted by molar-refractivity contribution is -0.101. The number of methoxy groups -OCH3 is 1. The van der Waals surface area contributed by atoms with Crippen molar-refractivity contribution in [2.24, 2.45) is 17.8 Å². The van der Waals surface area contributed by atoms with E-state index in [0.29, 0.717) is 48.5 Å². The fourth-order valence-corrected chi connectivity index (χ4v) is 9.22. The maximum absolute atomic E-state index is 13.5. The van der Waals surface area contributed by atoms with E-state index in [2.05, 4.69) is 26.7 Å². The van der Waals surface area contributed by atoms with Crippen LogP contribution in [0.2, 0.25) is 5.02 Å². The second-order valence-corrected chi connectivity index (χ2v) is 16.5. The largest absolute Gasteiger partial charge is 0.487 e. The number of morpholine rings is 1. The first-order chi connectivity index (χ1) is 23.1. The van der Waals surface area contributed by atoms with Gasteiger partial charge in [0.1, 0.15) is 18.0 Å². The average molecular weight is 700 g/mol. The molecule has 1 saturated carbocycles. The van der Waals surface area contributed by atoms with Crippen molar-refractivity contribution in [2.45, 2.75) is 69.8 Å². The van der Waals surface area contributed by atoms with Gasteiger partial charge in [-0.1, -0.05) is 36.7 Å². The van der Waals surface area contributed by atoms with Crippen LogP contribution in [0.3, 0.4) is 0 Å². The quantitative estimate of drug-likeness (QED) is 0.399. The molecule has 262 valence electrons. The van der Waals surface area contributed by atoms with Crippen molar-refractivity contribution in [3.8, 4) is 5.75 Å². The lowest BCUT2D eigenvalue weighted by Crippen LogP contribution is -2.57. The summed E-state index contributed by atoms with van der Waals surface area (Å²) in [5.41, 5.74) is 2.85. The van der Waals surface area contributed by atoms with Crippen molar-refractivity contribution in [2.75, 3.05) is 57.9 Å². The SMILES string of the molecule is CO[C@]1(CN2CCOCC2)/C=C/C[C@H](C)[C@@H](C)S(=O)(=O)NC(=O)c2ccc3c(c2)N(CCCCc2cc(Cl)ccc2CO3)C[C@@H]2CC[C@H]21. The third-order valence-electron chi connectivity index (χ3n) is 11.1. The highest BCUT2D eigenvalue weighted by atomic mass is 35.5. The van der Waals surface area contributed by atoms with Crippen molar-refractivity contribution >= 4 is 33.2 Å². The smallest absolute Gasteiger partial charge is 0.264 e. The number of allylic oxidation sites excluding steroid dienone is 1. The number of hydrogen-bond acceptors (Lipinski definition) is 8. The highest BCUT2D eigenvalue weighted by Gasteiger charge is 2.48. The summed E-state index contributed by atoms with van der Waals surface area (Å²) in [6, 6.07) is 11.2. The van der Waals surface area contributed by atoms with Gasteiger partial charge in [-0.25, -0.2) is 13.1 Å². The first kappa shape index (κ1) is 35.2. The summed E-state index contributed by atoms with van der Waals surface area (Å²) < 4.78 is 48.0. The number of carbonyl (C=O) groups excluding carboxylic acids is 1. The molecule has 2 aromatic rings. The predicted molar refractivity (Wildman–Crippen MR) is 189 cm³/mol. The summed E-state index contributed by atoms with van der Waals surface area (Å²) in [5, 5.41) is -0.0619. The lowest BCUT2D eigenvalue weighted by atomic mass is 9.63. The first-order valence-electron chi connectivity index (χ1n) is 17.5. The number of fused-ring (bicyclic) bond motifs is 3. The van der Waals surface area contributed by atoms with Crippen LogP contribution in [0.15, 0.2) is 48.6 Å². The molecule has 5 atom stereocenters. The van der Waals surface area contributed by atoms with E-state index >= 15 is 0 Å². The summed E-state index contributed by atoms with van der Waals surface area (Å²) >= 11 is 6.38. The van der Waals surface area contributed by atoms with Crippen LogP contribution in [-0.4, -0.2) is 83.1 Å². The summed E-state index contributed by atoms with van der Waals surface area (Å²) in [4.78, 5) is 18.3. The van der Waals surface area contributed by atoms with Crippen LogP contribution in [0.1, 0.15) is 67.4 Å². The number of sulfonamides is 1. The van der Waals surface area contributed by atoms with Gasteiger partial charge in [-0.15, -0.1) is 0 Å². The van der Waals surface area contributed by atoms with Crippen LogP contribution >= 0.6 is 11.6 Å². The Hall–Kier alpha value is -2.63. The third-order valence-corrected chi connectivity index (χ3v) is 13.3. The molecule has 1 aliphatic carbocycles. The van der Waals surface area contributed by atoms with Gasteiger partial charge in [0, 0.05) is 50.4 Å². The van der Waals surface area contributed by atoms with Crippen molar-refractivity contribution in [3.63, 3.8) is 0 Å². The van der Waals surface area contributed by atoms with Gasteiger partial charge in [0.2, 0.25) is 10.0 Å². The number of rotatable bonds is 3. The van der Waals surface area contributed by atoms with Gasteiger partial charge in [-0.3, -0.25) is 9.69 Å². The second kappa shape index (κ2) is 15.1. The van der Waals surface area contributed by atoms with E-state index in [1.807, 2.05) is 44.4 Å². The highest BCUT2D eigenvalue weighted by Crippen LogP contribution is 2.47. The van der Waals surface area contributed by atoms with E-state index in [1.165, 1.54) is 5.56 Å². The van der Waals surface area contributed by atoms with Crippen molar-refractivity contribution in [1.82, 2.24) is 9.62 Å². The van der Waals surface area contributed by atoms with Crippen LogP contribution in [0.4, 0.5) is 5.69 Å². The number of aryl methyl sites for hydroxylation is 1. The van der Waals surface area contributed by atoms with E-state index in [0.717, 1.165) is 76.1 Å². The molecule has 3 heterocycles. The molecule has 2 bridgehead atoms. The molecule has 0 aromatic heterocycles. The minimum Gasteiger partial charge on any atom is -0.487 e. The van der Waals surface area contributed by atoms with Gasteiger partial charge in [0.25, 0.3) is 5.91 Å². The monoisotopic (exact) mass is 699 g/mol. The van der Waals surface area contributed by atoms with Crippen LogP contribution in [0.5, 0.6) is 5.75 Å². The maximum atomic E-state index is 13.5. The Morgan fingerprint density at radius 2 is 1.85 bits per heavy atom. The molecule has 6 rings (SSSR count). The van der Waals surface area contributed by atoms with Crippen LogP contribution in [-0.2, 0) is 32.5 Å². The van der Waals surface area contributed by atoms with E-state index in [1.54, 1.807) is 13.0 Å². The molecular formula is C37H50ClN3O6S. The Balaban J connectivity index is 1.40. The Labute approximate surface area is 291 Å². The summed E-state index contributed by atoms with van der Waals surface area (Å²) in [6.07, 6.45) is 9.81. The zero-order valence-electron chi connectivity index (χ0n) is 28.5. The van der Waals surface area contributed by atoms with E-state index in [9.17, 15) is 13.2 Å². The van der Waals surface area contributed by atoms with E-state index in [-0.39, 0.29) is 11.8 Å². The Kier molecular flexibility index (Phi) is 11.1. The van der Waals surface area contributed by atoms with Crippen molar-refractivity contribution in [3.05, 3.63) is 70.3 Å². The molecule has 0 radical (unpaired) electrons. The van der Waals surface area contributed by atoms with Gasteiger partial charge in [0.15, 0.2) is 0 Å². The molecular weight excluding hydrogens is 650 g/mol. The molecule has 11 heteroatoms. The zero-order valence-corrected chi connectivity index (χ0v) is 30.0. The van der Waals surface area contributed by atoms with Crippen molar-refractivity contribution < 1.29 is 27.4 Å². The number of carbonyl (C=O) groups is 1. The number of nitrogens with zero attached hydrogens (tertiary/aromatic N) is 2. The summed E-state index contributed by atoms with van der Waals surface area (Å²) in [6.45, 7) is 9.39. The van der Waals surface area contributed by atoms with Gasteiger partial charge in [0.05, 0.1) is 24.2 Å². The standard InChI is InChI=1S/C37H50ClN3O6S/c1-26-7-6-15-37(45-3,25-40-17-19-46-20-18-40)33-13-10-30(33)23-41-16-5-4-8-28-21-32(38)12-9-31(28)24-47-35-14-11-29(22-34(35)41)36(42)39-48(43,44)27(26)2/h6,9,11-12,14-15,21-22,26-27,30,33H,4-5,7-8,10,13,16-20,23-25H2,1-3H3,(H,39,42)/b15-6+/t26-,27+,30-,33+,37-/m0/s1. The molecule has 2 aromatic carbocycles. The molecule has 1 N–H and O–H groups in total. The number of benzene rings is 2. The van der Waals surface area contributed by atoms with Gasteiger partial charge in [-0.2, -0.15) is 0 Å². The topological polar surface area (TPSA) is 97.4 Å². The minimum absolute atomic E-state index is 0.219. The fraction of sp³-hybridized carbons (Fsp3) is 0.595. The number of ether oxygens (including phenoxy) is 3. The molecule has 0 spiro atoms. The normalized spacial score (nSPS) is 30.8. The van der Waals surface area contributed by atoms with E-state index < -0.39 is 26.8 Å². The third kappa shape index (κ3) is 7.73. The number of amides is 1. The number of hydrogen-bond donors (Lipinski definition) is 1. The number of halogens is 1. The number of nitrogens with one attached hydrogen (secondary N) is 1. The van der Waals surface area contributed by atoms with E-state index in [4.69, 9.17) is 25.8 Å². The second-order valence-electron chi connectivity index (χ2n) is 14.1. The molecule has 3 aliphatic heterocycles. The van der Waals surface area contributed by atoms with Crippen molar-refractivity contribution in [1.29, 1.82) is 0 Å². The van der Waals surface area contributed by atoms with Crippen LogP contribution < -0.4 is 14.4 Å². The molecule has 1 amide bonds. The molecule has 9 nitrogen and oxygen atoms in total. The van der Waals surface area contributed by atoms with Crippen LogP contribution in [0.25, 0.3) is 0 Å². The van der Waals surface area contributed by atoms with Gasteiger partial charge < -0.3 is 19.1 Å². The molecule has 2 fully saturated rings. The Morgan fingerprint density at radius 1 is 1.04 bits per heavy atom. The predicted octanol–water partition coefficient (Wildman–Crippen LogP) is 5.85. The Bertz CT molecular complexity index is 1600. The summed E-state index contributed by atoms with van der Waals surface area (Å²) in [7, 11) is -2.13.